The molecule has 2 fully saturated rings. The largest absolute Gasteiger partial charge is 0.474 e. The number of aliphatic imine (C=N–C) groups is 1. The second kappa shape index (κ2) is 8.10. The van der Waals surface area contributed by atoms with E-state index in [-0.39, 0.29) is 0 Å². The fourth-order valence-corrected chi connectivity index (χ4v) is 5.35. The molecule has 0 saturated heterocycles. The third-order valence-corrected chi connectivity index (χ3v) is 7.12. The molecule has 3 heteroatoms. The number of ether oxygens (including phenoxy) is 1. The molecule has 1 aromatic rings. The molecule has 0 spiro atoms. The van der Waals surface area contributed by atoms with Crippen LogP contribution in [0.3, 0.4) is 0 Å². The summed E-state index contributed by atoms with van der Waals surface area (Å²) in [6.07, 6.45) is 12.3. The fraction of sp³-hybridized carbons (Fsp3) is 0.739. The van der Waals surface area contributed by atoms with Crippen LogP contribution in [0.4, 0.5) is 0 Å². The molecule has 1 aromatic heterocycles. The molecule has 26 heavy (non-hydrogen) atoms. The summed E-state index contributed by atoms with van der Waals surface area (Å²) in [5.41, 5.74) is 2.26. The number of pyridine rings is 1. The van der Waals surface area contributed by atoms with Crippen LogP contribution in [0, 0.1) is 17.8 Å². The Morgan fingerprint density at radius 1 is 1.04 bits per heavy atom. The summed E-state index contributed by atoms with van der Waals surface area (Å²) >= 11 is 0. The normalized spacial score (nSPS) is 25.7. The maximum Gasteiger partial charge on any atom is 0.235 e. The van der Waals surface area contributed by atoms with Gasteiger partial charge in [-0.05, 0) is 55.6 Å². The Labute approximate surface area is 158 Å². The second-order valence-electron chi connectivity index (χ2n) is 8.76. The Morgan fingerprint density at radius 3 is 2.31 bits per heavy atom. The molecule has 1 aliphatic heterocycles. The molecule has 0 bridgehead atoms. The molecule has 0 N–H and O–H groups in total. The predicted octanol–water partition coefficient (Wildman–Crippen LogP) is 5.74. The molecule has 142 valence electrons. The van der Waals surface area contributed by atoms with Crippen molar-refractivity contribution >= 4 is 5.90 Å². The Kier molecular flexibility index (Phi) is 5.61. The quantitative estimate of drug-likeness (QED) is 0.653. The molecule has 0 radical (unpaired) electrons. The molecule has 2 saturated carbocycles. The van der Waals surface area contributed by atoms with Crippen LogP contribution in [-0.2, 0) is 4.74 Å². The highest BCUT2D eigenvalue weighted by Gasteiger charge is 2.35. The standard InChI is InChI=1S/C23H34N2O/c1-3-16(2)21-15-26-23(25-21)20-14-8-13-19(24-20)22(17-9-4-5-10-17)18-11-6-7-12-18/h8,13-14,16-18,21-22H,3-7,9-12,15H2,1-2H3/t16-,21+/m0/s1. The van der Waals surface area contributed by atoms with E-state index < -0.39 is 0 Å². The van der Waals surface area contributed by atoms with Crippen LogP contribution < -0.4 is 0 Å². The lowest BCUT2D eigenvalue weighted by Gasteiger charge is -2.29. The van der Waals surface area contributed by atoms with Gasteiger partial charge in [-0.2, -0.15) is 0 Å². The minimum Gasteiger partial charge on any atom is -0.474 e. The first-order valence-corrected chi connectivity index (χ1v) is 10.9. The summed E-state index contributed by atoms with van der Waals surface area (Å²) in [6, 6.07) is 6.83. The summed E-state index contributed by atoms with van der Waals surface area (Å²) in [7, 11) is 0. The summed E-state index contributed by atoms with van der Waals surface area (Å²) in [6.45, 7) is 5.20. The smallest absolute Gasteiger partial charge is 0.235 e. The van der Waals surface area contributed by atoms with Crippen LogP contribution >= 0.6 is 0 Å². The molecule has 3 nitrogen and oxygen atoms in total. The van der Waals surface area contributed by atoms with Gasteiger partial charge in [0.05, 0.1) is 6.04 Å². The van der Waals surface area contributed by atoms with Crippen molar-refractivity contribution in [2.45, 2.75) is 83.6 Å². The van der Waals surface area contributed by atoms with E-state index in [1.54, 1.807) is 0 Å². The van der Waals surface area contributed by atoms with E-state index in [4.69, 9.17) is 14.7 Å². The van der Waals surface area contributed by atoms with Gasteiger partial charge >= 0.3 is 0 Å². The monoisotopic (exact) mass is 354 g/mol. The first-order chi connectivity index (χ1) is 12.8. The summed E-state index contributed by atoms with van der Waals surface area (Å²) < 4.78 is 5.95. The SMILES string of the molecule is CC[C@H](C)[C@H]1COC(c2cccc(C(C3CCCC3)C3CCCC3)n2)=N1. The molecule has 2 heterocycles. The van der Waals surface area contributed by atoms with E-state index in [2.05, 4.69) is 32.0 Å². The van der Waals surface area contributed by atoms with Gasteiger partial charge in [-0.15, -0.1) is 0 Å². The van der Waals surface area contributed by atoms with Crippen molar-refractivity contribution in [1.82, 2.24) is 4.98 Å². The van der Waals surface area contributed by atoms with Crippen molar-refractivity contribution in [3.05, 3.63) is 29.6 Å². The topological polar surface area (TPSA) is 34.5 Å². The minimum atomic E-state index is 0.293. The van der Waals surface area contributed by atoms with Gasteiger partial charge in [0, 0.05) is 11.6 Å². The van der Waals surface area contributed by atoms with Crippen molar-refractivity contribution in [2.24, 2.45) is 22.7 Å². The number of rotatable bonds is 6. The molecule has 3 aliphatic rings. The van der Waals surface area contributed by atoms with Gasteiger partial charge in [0.25, 0.3) is 0 Å². The zero-order chi connectivity index (χ0) is 17.9. The van der Waals surface area contributed by atoms with E-state index in [0.717, 1.165) is 29.8 Å². The average molecular weight is 355 g/mol. The lowest BCUT2D eigenvalue weighted by Crippen LogP contribution is -2.20. The Bertz CT molecular complexity index is 613. The lowest BCUT2D eigenvalue weighted by atomic mass is 9.77. The van der Waals surface area contributed by atoms with Gasteiger partial charge in [-0.3, -0.25) is 0 Å². The molecule has 4 rings (SSSR count). The Balaban J connectivity index is 1.59. The fourth-order valence-electron chi connectivity index (χ4n) is 5.35. The van der Waals surface area contributed by atoms with Gasteiger partial charge in [-0.1, -0.05) is 52.0 Å². The number of hydrogen-bond donors (Lipinski definition) is 0. The van der Waals surface area contributed by atoms with Crippen molar-refractivity contribution < 1.29 is 4.74 Å². The van der Waals surface area contributed by atoms with Gasteiger partial charge < -0.3 is 4.74 Å². The Hall–Kier alpha value is -1.38. The second-order valence-corrected chi connectivity index (χ2v) is 8.76. The molecule has 0 amide bonds. The van der Waals surface area contributed by atoms with Crippen molar-refractivity contribution in [3.63, 3.8) is 0 Å². The maximum atomic E-state index is 5.95. The number of hydrogen-bond acceptors (Lipinski definition) is 3. The van der Waals surface area contributed by atoms with E-state index in [1.165, 1.54) is 57.1 Å². The first-order valence-electron chi connectivity index (χ1n) is 10.9. The highest BCUT2D eigenvalue weighted by molar-refractivity contribution is 5.93. The molecular weight excluding hydrogens is 320 g/mol. The van der Waals surface area contributed by atoms with Crippen LogP contribution in [0.1, 0.15) is 88.9 Å². The maximum absolute atomic E-state index is 5.95. The average Bonchev–Trinajstić information content (AvgIpc) is 3.43. The van der Waals surface area contributed by atoms with E-state index in [0.29, 0.717) is 24.5 Å². The zero-order valence-corrected chi connectivity index (χ0v) is 16.5. The number of aromatic nitrogens is 1. The molecular formula is C23H34N2O. The Morgan fingerprint density at radius 2 is 1.69 bits per heavy atom. The van der Waals surface area contributed by atoms with Crippen LogP contribution in [0.15, 0.2) is 23.2 Å². The molecule has 0 aromatic carbocycles. The minimum absolute atomic E-state index is 0.293. The van der Waals surface area contributed by atoms with E-state index >= 15 is 0 Å². The predicted molar refractivity (Wildman–Crippen MR) is 107 cm³/mol. The van der Waals surface area contributed by atoms with Crippen LogP contribution in [0.2, 0.25) is 0 Å². The van der Waals surface area contributed by atoms with Gasteiger partial charge in [0.2, 0.25) is 5.90 Å². The summed E-state index contributed by atoms with van der Waals surface area (Å²) in [4.78, 5) is 9.96. The van der Waals surface area contributed by atoms with E-state index in [9.17, 15) is 0 Å². The van der Waals surface area contributed by atoms with Gasteiger partial charge in [-0.25, -0.2) is 9.98 Å². The molecule has 2 aliphatic carbocycles. The number of nitrogens with zero attached hydrogens (tertiary/aromatic N) is 2. The van der Waals surface area contributed by atoms with Crippen LogP contribution in [-0.4, -0.2) is 23.5 Å². The lowest BCUT2D eigenvalue weighted by molar-refractivity contribution is 0.281. The third kappa shape index (κ3) is 3.68. The van der Waals surface area contributed by atoms with Crippen LogP contribution in [0.25, 0.3) is 0 Å². The van der Waals surface area contributed by atoms with E-state index in [1.807, 2.05) is 0 Å². The molecule has 2 atom stereocenters. The van der Waals surface area contributed by atoms with Crippen molar-refractivity contribution in [1.29, 1.82) is 0 Å². The summed E-state index contributed by atoms with van der Waals surface area (Å²) in [5.74, 6) is 3.65. The molecule has 0 unspecified atom stereocenters. The first kappa shape index (κ1) is 18.0. The highest BCUT2D eigenvalue weighted by atomic mass is 16.5. The third-order valence-electron chi connectivity index (χ3n) is 7.12. The van der Waals surface area contributed by atoms with Crippen molar-refractivity contribution in [2.75, 3.05) is 6.61 Å². The highest BCUT2D eigenvalue weighted by Crippen LogP contribution is 2.46. The zero-order valence-electron chi connectivity index (χ0n) is 16.5. The summed E-state index contributed by atoms with van der Waals surface area (Å²) in [5, 5.41) is 0. The van der Waals surface area contributed by atoms with Gasteiger partial charge in [0.15, 0.2) is 0 Å². The van der Waals surface area contributed by atoms with Crippen LogP contribution in [0.5, 0.6) is 0 Å². The van der Waals surface area contributed by atoms with Crippen molar-refractivity contribution in [3.8, 4) is 0 Å². The van der Waals surface area contributed by atoms with Gasteiger partial charge in [0.1, 0.15) is 12.3 Å².